The van der Waals surface area contributed by atoms with Crippen LogP contribution in [0.4, 0.5) is 0 Å². The third-order valence-corrected chi connectivity index (χ3v) is 6.43. The Morgan fingerprint density at radius 2 is 1.77 bits per heavy atom. The minimum Gasteiger partial charge on any atom is -0.497 e. The Morgan fingerprint density at radius 3 is 2.43 bits per heavy atom. The smallest absolute Gasteiger partial charge is 0.163 e. The summed E-state index contributed by atoms with van der Waals surface area (Å²) in [6.07, 6.45) is -4.22. The lowest BCUT2D eigenvalue weighted by Gasteiger charge is -2.40. The van der Waals surface area contributed by atoms with Crippen molar-refractivity contribution in [3.63, 3.8) is 0 Å². The van der Waals surface area contributed by atoms with E-state index in [0.717, 1.165) is 32.0 Å². The molecule has 30 heavy (non-hydrogen) atoms. The van der Waals surface area contributed by atoms with Crippen LogP contribution in [-0.2, 0) is 4.74 Å². The van der Waals surface area contributed by atoms with Gasteiger partial charge in [0.1, 0.15) is 30.2 Å². The standard InChI is InChI=1S/C22H25NO6S/c1-12-3-8-15-16(9-12)23(22-21(27)20(26)19(25)17(11-24)29-22)10-18(15)30-14-6-4-13(28-2)5-7-14/h3-10,17,19-22,24-27H,11H2,1-2H3/t17-,19-,20+,21-,22-/m1/s1. The van der Waals surface area contributed by atoms with Gasteiger partial charge in [0, 0.05) is 21.4 Å². The summed E-state index contributed by atoms with van der Waals surface area (Å²) in [7, 11) is 1.62. The number of ether oxygens (including phenoxy) is 2. The minimum absolute atomic E-state index is 0.465. The van der Waals surface area contributed by atoms with E-state index in [-0.39, 0.29) is 0 Å². The molecular weight excluding hydrogens is 406 g/mol. The Hall–Kier alpha value is -2.07. The van der Waals surface area contributed by atoms with Gasteiger partial charge in [0.05, 0.1) is 19.2 Å². The Bertz CT molecular complexity index is 1020. The maximum absolute atomic E-state index is 10.6. The molecule has 4 rings (SSSR count). The van der Waals surface area contributed by atoms with Crippen LogP contribution < -0.4 is 4.74 Å². The van der Waals surface area contributed by atoms with Crippen LogP contribution in [0, 0.1) is 6.92 Å². The van der Waals surface area contributed by atoms with Gasteiger partial charge in [0.15, 0.2) is 6.23 Å². The zero-order valence-electron chi connectivity index (χ0n) is 16.7. The molecule has 1 saturated heterocycles. The molecule has 7 nitrogen and oxygen atoms in total. The lowest BCUT2D eigenvalue weighted by Crippen LogP contribution is -2.56. The number of nitrogens with zero attached hydrogens (tertiary/aromatic N) is 1. The van der Waals surface area contributed by atoms with Crippen LogP contribution >= 0.6 is 11.8 Å². The van der Waals surface area contributed by atoms with Crippen molar-refractivity contribution in [2.75, 3.05) is 13.7 Å². The fraction of sp³-hybridized carbons (Fsp3) is 0.364. The second-order valence-electron chi connectivity index (χ2n) is 7.42. The molecule has 3 aromatic rings. The van der Waals surface area contributed by atoms with Crippen molar-refractivity contribution in [2.45, 2.75) is 47.4 Å². The first-order chi connectivity index (χ1) is 14.4. The van der Waals surface area contributed by atoms with Crippen molar-refractivity contribution in [3.8, 4) is 5.75 Å². The molecule has 1 aliphatic heterocycles. The van der Waals surface area contributed by atoms with Crippen molar-refractivity contribution >= 4 is 22.7 Å². The van der Waals surface area contributed by atoms with E-state index in [4.69, 9.17) is 9.47 Å². The zero-order chi connectivity index (χ0) is 21.4. The van der Waals surface area contributed by atoms with Crippen LogP contribution in [-0.4, -0.2) is 63.1 Å². The molecule has 1 aliphatic rings. The summed E-state index contributed by atoms with van der Waals surface area (Å²) in [5.41, 5.74) is 1.86. The summed E-state index contributed by atoms with van der Waals surface area (Å²) in [6.45, 7) is 1.51. The first-order valence-corrected chi connectivity index (χ1v) is 10.5. The highest BCUT2D eigenvalue weighted by molar-refractivity contribution is 7.99. The number of fused-ring (bicyclic) bond motifs is 1. The van der Waals surface area contributed by atoms with Gasteiger partial charge in [-0.3, -0.25) is 0 Å². The largest absolute Gasteiger partial charge is 0.497 e. The monoisotopic (exact) mass is 431 g/mol. The highest BCUT2D eigenvalue weighted by atomic mass is 32.2. The Labute approximate surface area is 178 Å². The average molecular weight is 432 g/mol. The average Bonchev–Trinajstić information content (AvgIpc) is 3.10. The molecule has 0 spiro atoms. The molecule has 4 N–H and O–H groups in total. The maximum atomic E-state index is 10.6. The van der Waals surface area contributed by atoms with Crippen molar-refractivity contribution in [3.05, 3.63) is 54.2 Å². The molecule has 160 valence electrons. The quantitative estimate of drug-likeness (QED) is 0.490. The SMILES string of the molecule is COc1ccc(Sc2cn([C@@H]3O[C@H](CO)[C@@H](O)[C@H](O)[C@H]3O)c3cc(C)ccc23)cc1. The molecule has 0 unspecified atom stereocenters. The number of aliphatic hydroxyl groups excluding tert-OH is 4. The van der Waals surface area contributed by atoms with Gasteiger partial charge < -0.3 is 34.5 Å². The Kier molecular flexibility index (Phi) is 6.06. The predicted molar refractivity (Wildman–Crippen MR) is 113 cm³/mol. The van der Waals surface area contributed by atoms with E-state index >= 15 is 0 Å². The number of hydrogen-bond acceptors (Lipinski definition) is 7. The van der Waals surface area contributed by atoms with Crippen molar-refractivity contribution in [2.24, 2.45) is 0 Å². The van der Waals surface area contributed by atoms with Gasteiger partial charge in [-0.1, -0.05) is 23.9 Å². The lowest BCUT2D eigenvalue weighted by atomic mass is 9.98. The summed E-state index contributed by atoms with van der Waals surface area (Å²) in [5, 5.41) is 41.4. The number of hydrogen-bond donors (Lipinski definition) is 4. The van der Waals surface area contributed by atoms with Crippen LogP contribution in [0.3, 0.4) is 0 Å². The molecule has 0 saturated carbocycles. The molecule has 2 aromatic carbocycles. The van der Waals surface area contributed by atoms with Crippen molar-refractivity contribution in [1.82, 2.24) is 4.57 Å². The molecule has 2 heterocycles. The summed E-state index contributed by atoms with van der Waals surface area (Å²) in [5.74, 6) is 0.777. The predicted octanol–water partition coefficient (Wildman–Crippen LogP) is 2.08. The summed E-state index contributed by atoms with van der Waals surface area (Å²) in [6, 6.07) is 13.7. The normalized spacial score (nSPS) is 26.8. The van der Waals surface area contributed by atoms with Gasteiger partial charge in [-0.15, -0.1) is 0 Å². The fourth-order valence-corrected chi connectivity index (χ4v) is 4.68. The van der Waals surface area contributed by atoms with Gasteiger partial charge in [0.2, 0.25) is 0 Å². The number of aryl methyl sites for hydroxylation is 1. The van der Waals surface area contributed by atoms with Crippen LogP contribution in [0.1, 0.15) is 11.8 Å². The molecule has 5 atom stereocenters. The topological polar surface area (TPSA) is 104 Å². The number of rotatable bonds is 5. The van der Waals surface area contributed by atoms with E-state index in [0.29, 0.717) is 0 Å². The van der Waals surface area contributed by atoms with E-state index in [1.807, 2.05) is 55.6 Å². The van der Waals surface area contributed by atoms with Gasteiger partial charge >= 0.3 is 0 Å². The van der Waals surface area contributed by atoms with Crippen LogP contribution in [0.5, 0.6) is 5.75 Å². The highest BCUT2D eigenvalue weighted by Gasteiger charge is 2.44. The fourth-order valence-electron chi connectivity index (χ4n) is 3.70. The van der Waals surface area contributed by atoms with E-state index in [1.54, 1.807) is 23.4 Å². The third kappa shape index (κ3) is 3.82. The molecule has 1 aromatic heterocycles. The molecule has 0 radical (unpaired) electrons. The zero-order valence-corrected chi connectivity index (χ0v) is 17.5. The number of aliphatic hydroxyl groups is 4. The van der Waals surface area contributed by atoms with E-state index in [9.17, 15) is 20.4 Å². The van der Waals surface area contributed by atoms with Crippen LogP contribution in [0.2, 0.25) is 0 Å². The van der Waals surface area contributed by atoms with Gasteiger partial charge in [0.25, 0.3) is 0 Å². The third-order valence-electron chi connectivity index (χ3n) is 5.38. The number of aromatic nitrogens is 1. The first kappa shape index (κ1) is 21.2. The van der Waals surface area contributed by atoms with Gasteiger partial charge in [-0.25, -0.2) is 0 Å². The van der Waals surface area contributed by atoms with Crippen molar-refractivity contribution in [1.29, 1.82) is 0 Å². The summed E-state index contributed by atoms with van der Waals surface area (Å²) < 4.78 is 12.8. The second kappa shape index (κ2) is 8.58. The minimum atomic E-state index is -1.43. The van der Waals surface area contributed by atoms with Gasteiger partial charge in [-0.2, -0.15) is 0 Å². The molecule has 0 aliphatic carbocycles. The van der Waals surface area contributed by atoms with Crippen molar-refractivity contribution < 1.29 is 29.9 Å². The van der Waals surface area contributed by atoms with E-state index in [1.165, 1.54) is 0 Å². The molecule has 0 amide bonds. The lowest BCUT2D eigenvalue weighted by molar-refractivity contribution is -0.250. The number of methoxy groups -OCH3 is 1. The first-order valence-electron chi connectivity index (χ1n) is 9.66. The summed E-state index contributed by atoms with van der Waals surface area (Å²) in [4.78, 5) is 1.97. The van der Waals surface area contributed by atoms with Gasteiger partial charge in [-0.05, 0) is 42.8 Å². The molecule has 8 heteroatoms. The molecular formula is C22H25NO6S. The Morgan fingerprint density at radius 1 is 1.03 bits per heavy atom. The molecule has 1 fully saturated rings. The van der Waals surface area contributed by atoms with E-state index in [2.05, 4.69) is 0 Å². The maximum Gasteiger partial charge on any atom is 0.163 e. The second-order valence-corrected chi connectivity index (χ2v) is 8.53. The molecule has 0 bridgehead atoms. The van der Waals surface area contributed by atoms with Crippen LogP contribution in [0.15, 0.2) is 58.5 Å². The van der Waals surface area contributed by atoms with E-state index < -0.39 is 37.3 Å². The Balaban J connectivity index is 1.75. The van der Waals surface area contributed by atoms with Crippen LogP contribution in [0.25, 0.3) is 10.9 Å². The highest BCUT2D eigenvalue weighted by Crippen LogP contribution is 2.39. The summed E-state index contributed by atoms with van der Waals surface area (Å²) >= 11 is 1.56. The number of benzene rings is 2.